The number of rotatable bonds is 11. The van der Waals surface area contributed by atoms with Gasteiger partial charge >= 0.3 is 12.7 Å². The highest BCUT2D eigenvalue weighted by molar-refractivity contribution is 5.36. The Bertz CT molecular complexity index is 1110. The zero-order valence-corrected chi connectivity index (χ0v) is 23.0. The summed E-state index contributed by atoms with van der Waals surface area (Å²) in [6.07, 6.45) is 8.67. The van der Waals surface area contributed by atoms with Crippen LogP contribution in [0.25, 0.3) is 0 Å². The fraction of sp³-hybridized carbons (Fsp3) is 0.613. The second-order valence-corrected chi connectivity index (χ2v) is 11.5. The van der Waals surface area contributed by atoms with Crippen molar-refractivity contribution in [3.05, 3.63) is 58.7 Å². The van der Waals surface area contributed by atoms with Crippen molar-refractivity contribution in [1.82, 2.24) is 0 Å². The predicted octanol–water partition coefficient (Wildman–Crippen LogP) is 10.6. The highest BCUT2D eigenvalue weighted by atomic mass is 19.3. The van der Waals surface area contributed by atoms with E-state index in [4.69, 9.17) is 0 Å². The summed E-state index contributed by atoms with van der Waals surface area (Å²) in [6.45, 7) is -1.36. The summed E-state index contributed by atoms with van der Waals surface area (Å²) in [6, 6.07) is 2.05. The van der Waals surface area contributed by atoms with Gasteiger partial charge in [-0.15, -0.1) is 0 Å². The van der Waals surface area contributed by atoms with Gasteiger partial charge in [-0.05, 0) is 79.9 Å². The first kappa shape index (κ1) is 31.4. The van der Waals surface area contributed by atoms with E-state index in [0.29, 0.717) is 24.7 Å². The van der Waals surface area contributed by atoms with Crippen LogP contribution in [0.4, 0.5) is 35.1 Å². The molecular weight excluding hydrogens is 556 g/mol. The first-order valence-corrected chi connectivity index (χ1v) is 14.5. The van der Waals surface area contributed by atoms with Crippen LogP contribution in [0.3, 0.4) is 0 Å². The topological polar surface area (TPSA) is 18.5 Å². The summed E-state index contributed by atoms with van der Waals surface area (Å²) in [5.74, 6) is -7.38. The molecule has 2 aromatic rings. The van der Waals surface area contributed by atoms with Crippen LogP contribution in [-0.2, 0) is 6.11 Å². The van der Waals surface area contributed by atoms with E-state index in [1.165, 1.54) is 51.4 Å². The molecule has 41 heavy (non-hydrogen) atoms. The summed E-state index contributed by atoms with van der Waals surface area (Å²) >= 11 is 0. The van der Waals surface area contributed by atoms with Gasteiger partial charge in [-0.2, -0.15) is 17.6 Å². The van der Waals surface area contributed by atoms with Gasteiger partial charge in [0.1, 0.15) is 22.9 Å². The number of halogens is 8. The number of ether oxygens (including phenoxy) is 2. The van der Waals surface area contributed by atoms with E-state index in [-0.39, 0.29) is 23.6 Å². The lowest BCUT2D eigenvalue weighted by atomic mass is 9.68. The summed E-state index contributed by atoms with van der Waals surface area (Å²) in [7, 11) is 0. The van der Waals surface area contributed by atoms with Crippen LogP contribution < -0.4 is 9.47 Å². The molecule has 0 amide bonds. The van der Waals surface area contributed by atoms with E-state index in [1.54, 1.807) is 0 Å². The predicted molar refractivity (Wildman–Crippen MR) is 138 cm³/mol. The van der Waals surface area contributed by atoms with Gasteiger partial charge < -0.3 is 9.47 Å². The Morgan fingerprint density at radius 2 is 1.29 bits per heavy atom. The Balaban J connectivity index is 1.37. The quantitative estimate of drug-likeness (QED) is 0.191. The minimum atomic E-state index is -4.65. The second-order valence-electron chi connectivity index (χ2n) is 11.5. The van der Waals surface area contributed by atoms with Crippen LogP contribution in [0.15, 0.2) is 24.3 Å². The fourth-order valence-electron chi connectivity index (χ4n) is 6.66. The van der Waals surface area contributed by atoms with Gasteiger partial charge in [0.2, 0.25) is 0 Å². The van der Waals surface area contributed by atoms with Gasteiger partial charge in [0.05, 0.1) is 0 Å². The van der Waals surface area contributed by atoms with E-state index in [9.17, 15) is 35.1 Å². The van der Waals surface area contributed by atoms with Crippen molar-refractivity contribution in [2.45, 2.75) is 103 Å². The molecule has 0 spiro atoms. The molecule has 0 aliphatic heterocycles. The van der Waals surface area contributed by atoms with Crippen molar-refractivity contribution in [3.8, 4) is 11.5 Å². The molecule has 0 heterocycles. The van der Waals surface area contributed by atoms with Crippen molar-refractivity contribution in [2.75, 3.05) is 0 Å². The Kier molecular flexibility index (Phi) is 10.4. The zero-order chi connectivity index (χ0) is 29.7. The lowest BCUT2D eigenvalue weighted by Gasteiger charge is -2.38. The van der Waals surface area contributed by atoms with E-state index >= 15 is 0 Å². The van der Waals surface area contributed by atoms with Crippen molar-refractivity contribution in [2.24, 2.45) is 17.8 Å². The molecule has 0 bridgehead atoms. The second kappa shape index (κ2) is 13.6. The maximum atomic E-state index is 14.9. The molecule has 0 atom stereocenters. The van der Waals surface area contributed by atoms with Crippen LogP contribution in [-0.4, -0.2) is 6.61 Å². The third kappa shape index (κ3) is 7.86. The summed E-state index contributed by atoms with van der Waals surface area (Å²) in [4.78, 5) is 0. The lowest BCUT2D eigenvalue weighted by molar-refractivity contribution is -0.189. The summed E-state index contributed by atoms with van der Waals surface area (Å²) in [5.41, 5.74) is -1.43. The Labute approximate surface area is 235 Å². The molecule has 2 aromatic carbocycles. The molecule has 10 heteroatoms. The number of unbranched alkanes of at least 4 members (excludes halogenated alkanes) is 2. The van der Waals surface area contributed by atoms with Gasteiger partial charge in [0.25, 0.3) is 0 Å². The van der Waals surface area contributed by atoms with Crippen molar-refractivity contribution in [3.63, 3.8) is 0 Å². The van der Waals surface area contributed by atoms with Gasteiger partial charge in [0.15, 0.2) is 17.4 Å². The van der Waals surface area contributed by atoms with Crippen molar-refractivity contribution >= 4 is 0 Å². The fourth-order valence-corrected chi connectivity index (χ4v) is 6.66. The Morgan fingerprint density at radius 3 is 1.80 bits per heavy atom. The molecular formula is C31H36F8O2. The van der Waals surface area contributed by atoms with Gasteiger partial charge in [-0.3, -0.25) is 0 Å². The SMILES string of the molecule is CCCCCC1CCC(C2CCC(c3cc(F)c(C(F)(F)Oc4cc(F)c(OC(F)F)c(F)c4)c(F)c3)CC2)CC1. The molecule has 2 saturated carbocycles. The first-order chi connectivity index (χ1) is 19.5. The first-order valence-electron chi connectivity index (χ1n) is 14.5. The molecule has 2 aliphatic rings. The van der Waals surface area contributed by atoms with Crippen LogP contribution in [0.2, 0.25) is 0 Å². The normalized spacial score (nSPS) is 23.6. The molecule has 0 saturated heterocycles. The van der Waals surface area contributed by atoms with Gasteiger partial charge in [-0.25, -0.2) is 17.6 Å². The van der Waals surface area contributed by atoms with Gasteiger partial charge in [0, 0.05) is 12.1 Å². The maximum Gasteiger partial charge on any atom is 0.432 e. The van der Waals surface area contributed by atoms with Crippen LogP contribution in [0.1, 0.15) is 101 Å². The summed E-state index contributed by atoms with van der Waals surface area (Å²) in [5, 5.41) is 0. The largest absolute Gasteiger partial charge is 0.432 e. The highest BCUT2D eigenvalue weighted by Crippen LogP contribution is 2.46. The van der Waals surface area contributed by atoms with Crippen molar-refractivity contribution in [1.29, 1.82) is 0 Å². The van der Waals surface area contributed by atoms with Crippen LogP contribution >= 0.6 is 0 Å². The average molecular weight is 593 g/mol. The number of alkyl halides is 4. The number of hydrogen-bond acceptors (Lipinski definition) is 2. The maximum absolute atomic E-state index is 14.9. The lowest BCUT2D eigenvalue weighted by Crippen LogP contribution is -2.27. The molecule has 0 unspecified atom stereocenters. The zero-order valence-electron chi connectivity index (χ0n) is 23.0. The minimum absolute atomic E-state index is 0.163. The molecule has 228 valence electrons. The molecule has 2 nitrogen and oxygen atoms in total. The van der Waals surface area contributed by atoms with E-state index < -0.39 is 53.1 Å². The monoisotopic (exact) mass is 592 g/mol. The smallest absolute Gasteiger partial charge is 0.429 e. The molecule has 0 aromatic heterocycles. The molecule has 0 radical (unpaired) electrons. The standard InChI is InChI=1S/C31H36F8O2/c1-2-3-4-5-18-6-8-19(9-7-18)20-10-12-21(13-11-20)22-14-24(32)28(25(33)15-22)31(38,39)41-23-16-26(34)29(27(35)17-23)40-30(36)37/h14-21,30H,2-13H2,1H3. The summed E-state index contributed by atoms with van der Waals surface area (Å²) < 4.78 is 120. The number of benzene rings is 2. The molecule has 2 aliphatic carbocycles. The third-order valence-electron chi connectivity index (χ3n) is 8.80. The minimum Gasteiger partial charge on any atom is -0.429 e. The molecule has 2 fully saturated rings. The van der Waals surface area contributed by atoms with Crippen LogP contribution in [0, 0.1) is 41.0 Å². The van der Waals surface area contributed by atoms with E-state index in [0.717, 1.165) is 30.9 Å². The number of hydrogen-bond donors (Lipinski definition) is 0. The Hall–Kier alpha value is -2.52. The van der Waals surface area contributed by atoms with Crippen LogP contribution in [0.5, 0.6) is 11.5 Å². The Morgan fingerprint density at radius 1 is 0.756 bits per heavy atom. The van der Waals surface area contributed by atoms with E-state index in [1.807, 2.05) is 0 Å². The van der Waals surface area contributed by atoms with E-state index in [2.05, 4.69) is 16.4 Å². The van der Waals surface area contributed by atoms with Crippen molar-refractivity contribution < 1.29 is 44.6 Å². The third-order valence-corrected chi connectivity index (χ3v) is 8.80. The van der Waals surface area contributed by atoms with Gasteiger partial charge in [-0.1, -0.05) is 45.4 Å². The molecule has 0 N–H and O–H groups in total. The molecule has 4 rings (SSSR count). The average Bonchev–Trinajstić information content (AvgIpc) is 2.90. The highest BCUT2D eigenvalue weighted by Gasteiger charge is 2.42.